The van der Waals surface area contributed by atoms with Crippen LogP contribution in [0.5, 0.6) is 0 Å². The highest BCUT2D eigenvalue weighted by molar-refractivity contribution is 9.11. The first-order valence-corrected chi connectivity index (χ1v) is 8.95. The summed E-state index contributed by atoms with van der Waals surface area (Å²) in [6.45, 7) is 4.98. The van der Waals surface area contributed by atoms with Crippen molar-refractivity contribution in [1.82, 2.24) is 9.55 Å². The number of imidazole rings is 1. The molecule has 0 aliphatic carbocycles. The van der Waals surface area contributed by atoms with Gasteiger partial charge >= 0.3 is 0 Å². The molecule has 3 rings (SSSR count). The zero-order valence-electron chi connectivity index (χ0n) is 11.9. The van der Waals surface area contributed by atoms with Gasteiger partial charge in [0.15, 0.2) is 0 Å². The van der Waals surface area contributed by atoms with Crippen molar-refractivity contribution in [3.8, 4) is 0 Å². The third kappa shape index (κ3) is 3.03. The molecule has 5 heteroatoms. The van der Waals surface area contributed by atoms with E-state index >= 15 is 0 Å². The highest BCUT2D eigenvalue weighted by Gasteiger charge is 2.16. The average Bonchev–Trinajstić information content (AvgIpc) is 3.01. The molecular weight excluding hydrogens is 368 g/mol. The molecule has 0 fully saturated rings. The summed E-state index contributed by atoms with van der Waals surface area (Å²) in [4.78, 5) is 6.12. The maximum absolute atomic E-state index is 6.33. The van der Waals surface area contributed by atoms with Crippen molar-refractivity contribution in [3.05, 3.63) is 50.4 Å². The number of benzene rings is 1. The van der Waals surface area contributed by atoms with Crippen LogP contribution in [0.25, 0.3) is 11.0 Å². The molecule has 0 saturated heterocycles. The Morgan fingerprint density at radius 1 is 1.33 bits per heavy atom. The molecule has 0 radical (unpaired) electrons. The maximum atomic E-state index is 6.33. The van der Waals surface area contributed by atoms with Crippen LogP contribution in [0.15, 0.2) is 34.1 Å². The van der Waals surface area contributed by atoms with Gasteiger partial charge in [-0.15, -0.1) is 22.9 Å². The molecule has 21 heavy (non-hydrogen) atoms. The fraction of sp³-hybridized carbons (Fsp3) is 0.312. The molecule has 0 aliphatic rings. The fourth-order valence-electron chi connectivity index (χ4n) is 2.55. The molecule has 2 nitrogen and oxygen atoms in total. The lowest BCUT2D eigenvalue weighted by Gasteiger charge is -2.09. The quantitative estimate of drug-likeness (QED) is 0.527. The van der Waals surface area contributed by atoms with Gasteiger partial charge in [0.05, 0.1) is 20.2 Å². The molecule has 1 atom stereocenters. The monoisotopic (exact) mass is 382 g/mol. The van der Waals surface area contributed by atoms with Crippen molar-refractivity contribution in [2.75, 3.05) is 0 Å². The Balaban J connectivity index is 1.99. The molecule has 0 spiro atoms. The predicted octanol–water partition coefficient (Wildman–Crippen LogP) is 5.71. The molecule has 2 heterocycles. The Hall–Kier alpha value is -0.840. The van der Waals surface area contributed by atoms with E-state index in [1.165, 1.54) is 19.7 Å². The zero-order chi connectivity index (χ0) is 15.0. The Labute approximate surface area is 141 Å². The Morgan fingerprint density at radius 2 is 2.14 bits per heavy atom. The normalized spacial score (nSPS) is 13.0. The van der Waals surface area contributed by atoms with Crippen LogP contribution in [0, 0.1) is 6.92 Å². The summed E-state index contributed by atoms with van der Waals surface area (Å²) in [7, 11) is 0. The molecule has 1 unspecified atom stereocenters. The summed E-state index contributed by atoms with van der Waals surface area (Å²) >= 11 is 11.6. The third-order valence-electron chi connectivity index (χ3n) is 3.58. The van der Waals surface area contributed by atoms with Crippen molar-refractivity contribution in [1.29, 1.82) is 0 Å². The highest BCUT2D eigenvalue weighted by Crippen LogP contribution is 2.28. The van der Waals surface area contributed by atoms with Gasteiger partial charge < -0.3 is 4.57 Å². The summed E-state index contributed by atoms with van der Waals surface area (Å²) in [6, 6.07) is 10.6. The maximum Gasteiger partial charge on any atom is 0.127 e. The third-order valence-corrected chi connectivity index (χ3v) is 5.46. The van der Waals surface area contributed by atoms with E-state index in [4.69, 9.17) is 16.6 Å². The van der Waals surface area contributed by atoms with Crippen LogP contribution in [0.1, 0.15) is 28.6 Å². The van der Waals surface area contributed by atoms with E-state index in [-0.39, 0.29) is 5.38 Å². The lowest BCUT2D eigenvalue weighted by molar-refractivity contribution is 0.672. The van der Waals surface area contributed by atoms with Crippen LogP contribution in [-0.4, -0.2) is 9.55 Å². The first-order valence-electron chi connectivity index (χ1n) is 6.90. The van der Waals surface area contributed by atoms with Crippen LogP contribution >= 0.6 is 38.9 Å². The zero-order valence-corrected chi connectivity index (χ0v) is 15.1. The molecule has 3 aromatic rings. The van der Waals surface area contributed by atoms with Gasteiger partial charge in [-0.3, -0.25) is 0 Å². The van der Waals surface area contributed by atoms with Crippen molar-refractivity contribution in [2.45, 2.75) is 32.2 Å². The molecular formula is C16H16BrClN2S. The first kappa shape index (κ1) is 15.1. The standard InChI is InChI=1S/C16H16BrClN2S/c1-10-4-3-5-13-15(10)19-16(11(2)18)20(13)9-8-12-6-7-14(17)21-12/h3-7,11H,8-9H2,1-2H3. The molecule has 0 saturated carbocycles. The number of hydrogen-bond donors (Lipinski definition) is 0. The molecule has 0 N–H and O–H groups in total. The SMILES string of the molecule is Cc1cccc2c1nc(C(C)Cl)n2CCc1ccc(Br)s1. The van der Waals surface area contributed by atoms with Crippen molar-refractivity contribution >= 4 is 49.9 Å². The smallest absolute Gasteiger partial charge is 0.127 e. The second-order valence-corrected chi connectivity index (χ2v) is 8.34. The summed E-state index contributed by atoms with van der Waals surface area (Å²) in [5.74, 6) is 0.955. The number of aryl methyl sites for hydroxylation is 3. The van der Waals surface area contributed by atoms with Crippen LogP contribution in [-0.2, 0) is 13.0 Å². The van der Waals surface area contributed by atoms with Gasteiger partial charge in [0.1, 0.15) is 5.82 Å². The fourth-order valence-corrected chi connectivity index (χ4v) is 4.19. The number of alkyl halides is 1. The largest absolute Gasteiger partial charge is 0.326 e. The van der Waals surface area contributed by atoms with E-state index < -0.39 is 0 Å². The highest BCUT2D eigenvalue weighted by atomic mass is 79.9. The summed E-state index contributed by atoms with van der Waals surface area (Å²) in [6.07, 6.45) is 0.992. The van der Waals surface area contributed by atoms with Gasteiger partial charge in [0.2, 0.25) is 0 Å². The van der Waals surface area contributed by atoms with Crippen LogP contribution in [0.2, 0.25) is 0 Å². The minimum Gasteiger partial charge on any atom is -0.326 e. The van der Waals surface area contributed by atoms with E-state index in [0.29, 0.717) is 0 Å². The van der Waals surface area contributed by atoms with Gasteiger partial charge in [0, 0.05) is 11.4 Å². The van der Waals surface area contributed by atoms with Crippen molar-refractivity contribution in [3.63, 3.8) is 0 Å². The first-order chi connectivity index (χ1) is 10.1. The predicted molar refractivity (Wildman–Crippen MR) is 94.5 cm³/mol. The molecule has 0 bridgehead atoms. The summed E-state index contributed by atoms with van der Waals surface area (Å²) in [5, 5.41) is -0.0909. The number of hydrogen-bond acceptors (Lipinski definition) is 2. The Morgan fingerprint density at radius 3 is 2.81 bits per heavy atom. The van der Waals surface area contributed by atoms with Gasteiger partial charge in [-0.1, -0.05) is 12.1 Å². The van der Waals surface area contributed by atoms with E-state index in [1.807, 2.05) is 6.92 Å². The second-order valence-electron chi connectivity index (χ2n) is 5.14. The van der Waals surface area contributed by atoms with Gasteiger partial charge in [-0.2, -0.15) is 0 Å². The van der Waals surface area contributed by atoms with E-state index in [1.54, 1.807) is 11.3 Å². The lowest BCUT2D eigenvalue weighted by atomic mass is 10.2. The number of fused-ring (bicyclic) bond motifs is 1. The number of aromatic nitrogens is 2. The van der Waals surface area contributed by atoms with Crippen LogP contribution in [0.3, 0.4) is 0 Å². The molecule has 2 aromatic heterocycles. The Bertz CT molecular complexity index is 776. The number of para-hydroxylation sites is 1. The number of nitrogens with zero attached hydrogens (tertiary/aromatic N) is 2. The van der Waals surface area contributed by atoms with Gasteiger partial charge in [-0.05, 0) is 60.0 Å². The van der Waals surface area contributed by atoms with Crippen LogP contribution in [0.4, 0.5) is 0 Å². The van der Waals surface area contributed by atoms with Crippen molar-refractivity contribution < 1.29 is 0 Å². The minimum atomic E-state index is -0.0909. The number of thiophene rings is 1. The molecule has 0 amide bonds. The molecule has 0 aliphatic heterocycles. The summed E-state index contributed by atoms with van der Waals surface area (Å²) in [5.41, 5.74) is 3.43. The molecule has 110 valence electrons. The molecule has 1 aromatic carbocycles. The summed E-state index contributed by atoms with van der Waals surface area (Å²) < 4.78 is 3.43. The van der Waals surface area contributed by atoms with Crippen LogP contribution < -0.4 is 0 Å². The van der Waals surface area contributed by atoms with E-state index in [9.17, 15) is 0 Å². The topological polar surface area (TPSA) is 17.8 Å². The van der Waals surface area contributed by atoms with E-state index in [0.717, 1.165) is 24.3 Å². The second kappa shape index (κ2) is 6.11. The average molecular weight is 384 g/mol. The lowest BCUT2D eigenvalue weighted by Crippen LogP contribution is -2.06. The number of rotatable bonds is 4. The van der Waals surface area contributed by atoms with Gasteiger partial charge in [0.25, 0.3) is 0 Å². The number of halogens is 2. The Kier molecular flexibility index (Phi) is 4.38. The van der Waals surface area contributed by atoms with E-state index in [2.05, 4.69) is 57.8 Å². The van der Waals surface area contributed by atoms with Gasteiger partial charge in [-0.25, -0.2) is 4.98 Å². The minimum absolute atomic E-state index is 0.0909. The van der Waals surface area contributed by atoms with Crippen molar-refractivity contribution in [2.24, 2.45) is 0 Å².